The molecule has 1 aliphatic rings. The topological polar surface area (TPSA) is 82.6 Å². The molecule has 11 heteroatoms. The van der Waals surface area contributed by atoms with Crippen molar-refractivity contribution in [3.05, 3.63) is 65.0 Å². The molecule has 0 radical (unpaired) electrons. The van der Waals surface area contributed by atoms with E-state index in [0.29, 0.717) is 19.5 Å². The van der Waals surface area contributed by atoms with Crippen LogP contribution < -0.4 is 15.4 Å². The van der Waals surface area contributed by atoms with Crippen molar-refractivity contribution in [2.45, 2.75) is 89.6 Å². The van der Waals surface area contributed by atoms with E-state index in [-0.39, 0.29) is 72.5 Å². The predicted octanol–water partition coefficient (Wildman–Crippen LogP) is 6.69. The first kappa shape index (κ1) is 35.3. The highest BCUT2D eigenvalue weighted by Crippen LogP contribution is 2.40. The van der Waals surface area contributed by atoms with Crippen molar-refractivity contribution in [1.82, 2.24) is 10.0 Å². The molecule has 240 valence electrons. The first-order valence-corrected chi connectivity index (χ1v) is 16.1. The minimum atomic E-state index is -4.59. The van der Waals surface area contributed by atoms with Gasteiger partial charge in [0.2, 0.25) is 5.91 Å². The quantitative estimate of drug-likeness (QED) is 0.0944. The number of aliphatic hydroxyl groups is 1. The van der Waals surface area contributed by atoms with Crippen LogP contribution in [0.15, 0.2) is 42.5 Å². The maximum atomic E-state index is 14.2. The minimum absolute atomic E-state index is 0.00116. The maximum Gasteiger partial charge on any atom is 0.416 e. The molecule has 2 aromatic carbocycles. The maximum absolute atomic E-state index is 14.2. The van der Waals surface area contributed by atoms with Gasteiger partial charge in [0.15, 0.2) is 0 Å². The molecule has 1 amide bonds. The highest BCUT2D eigenvalue weighted by atomic mass is 32.2. The van der Waals surface area contributed by atoms with Crippen molar-refractivity contribution < 1.29 is 32.2 Å². The summed E-state index contributed by atoms with van der Waals surface area (Å²) in [4.78, 5) is 13.5. The van der Waals surface area contributed by atoms with E-state index in [1.54, 1.807) is 12.1 Å². The van der Waals surface area contributed by atoms with Crippen molar-refractivity contribution >= 4 is 23.5 Å². The molecule has 0 aliphatic carbocycles. The molecular formula is C32H45F4N3O3S. The fourth-order valence-electron chi connectivity index (χ4n) is 5.85. The third-order valence-electron chi connectivity index (χ3n) is 7.74. The molecule has 1 heterocycles. The van der Waals surface area contributed by atoms with Crippen molar-refractivity contribution in [3.63, 3.8) is 0 Å². The number of hydrogen-bond acceptors (Lipinski definition) is 6. The lowest BCUT2D eigenvalue weighted by molar-refractivity contribution is -0.138. The number of amides is 1. The van der Waals surface area contributed by atoms with Crippen LogP contribution in [0.2, 0.25) is 0 Å². The van der Waals surface area contributed by atoms with Crippen LogP contribution >= 0.6 is 11.9 Å². The second-order valence-corrected chi connectivity index (χ2v) is 12.3. The lowest BCUT2D eigenvalue weighted by Crippen LogP contribution is -2.37. The van der Waals surface area contributed by atoms with Crippen molar-refractivity contribution in [3.8, 4) is 0 Å². The Morgan fingerprint density at radius 2 is 1.81 bits per heavy atom. The molecule has 0 spiro atoms. The molecule has 0 bridgehead atoms. The molecule has 1 aliphatic heterocycles. The Bertz CT molecular complexity index is 1120. The van der Waals surface area contributed by atoms with Gasteiger partial charge in [0, 0.05) is 37.0 Å². The summed E-state index contributed by atoms with van der Waals surface area (Å²) in [6, 6.07) is 9.85. The number of benzene rings is 2. The van der Waals surface area contributed by atoms with Gasteiger partial charge in [0.05, 0.1) is 24.4 Å². The number of anilines is 1. The van der Waals surface area contributed by atoms with E-state index in [1.165, 1.54) is 36.2 Å². The van der Waals surface area contributed by atoms with Crippen molar-refractivity contribution in [2.24, 2.45) is 5.92 Å². The predicted molar refractivity (Wildman–Crippen MR) is 165 cm³/mol. The largest absolute Gasteiger partial charge is 0.416 e. The van der Waals surface area contributed by atoms with Gasteiger partial charge in [-0.3, -0.25) is 9.52 Å². The third-order valence-corrected chi connectivity index (χ3v) is 8.85. The van der Waals surface area contributed by atoms with Gasteiger partial charge in [-0.2, -0.15) is 13.2 Å². The Morgan fingerprint density at radius 3 is 2.44 bits per heavy atom. The van der Waals surface area contributed by atoms with Crippen LogP contribution in [0.3, 0.4) is 0 Å². The summed E-state index contributed by atoms with van der Waals surface area (Å²) in [7, 11) is 0. The number of nitrogens with one attached hydrogen (secondary N) is 3. The van der Waals surface area contributed by atoms with E-state index in [0.717, 1.165) is 36.6 Å². The number of alkyl halides is 3. The van der Waals surface area contributed by atoms with E-state index in [9.17, 15) is 22.4 Å². The number of halogens is 4. The first-order chi connectivity index (χ1) is 20.5. The number of hydrogen-bond donors (Lipinski definition) is 4. The van der Waals surface area contributed by atoms with Gasteiger partial charge in [0.25, 0.3) is 0 Å². The van der Waals surface area contributed by atoms with Crippen LogP contribution in [-0.2, 0) is 22.1 Å². The Kier molecular flexibility index (Phi) is 14.2. The van der Waals surface area contributed by atoms with Gasteiger partial charge in [-0.25, -0.2) is 4.39 Å². The van der Waals surface area contributed by atoms with E-state index in [1.807, 2.05) is 20.8 Å². The monoisotopic (exact) mass is 627 g/mol. The van der Waals surface area contributed by atoms with Gasteiger partial charge in [-0.05, 0) is 93.2 Å². The number of aliphatic hydroxyl groups excluding tert-OH is 1. The zero-order chi connectivity index (χ0) is 31.4. The summed E-state index contributed by atoms with van der Waals surface area (Å²) < 4.78 is 65.4. The number of carbonyl (C=O) groups excluding carboxylic acids is 1. The Labute approximate surface area is 256 Å². The van der Waals surface area contributed by atoms with Crippen LogP contribution in [0.1, 0.15) is 75.5 Å². The van der Waals surface area contributed by atoms with Gasteiger partial charge in [0.1, 0.15) is 5.82 Å². The first-order valence-electron chi connectivity index (χ1n) is 15.1. The lowest BCUT2D eigenvalue weighted by Gasteiger charge is -2.37. The van der Waals surface area contributed by atoms with Crippen molar-refractivity contribution in [1.29, 1.82) is 0 Å². The van der Waals surface area contributed by atoms with Crippen molar-refractivity contribution in [2.75, 3.05) is 30.8 Å². The smallest absolute Gasteiger partial charge is 0.395 e. The fourth-order valence-corrected chi connectivity index (χ4v) is 6.61. The molecule has 6 nitrogen and oxygen atoms in total. The highest BCUT2D eigenvalue weighted by molar-refractivity contribution is 7.97. The average molecular weight is 628 g/mol. The van der Waals surface area contributed by atoms with Gasteiger partial charge in [-0.15, -0.1) is 0 Å². The fraction of sp³-hybridized carbons (Fsp3) is 0.594. The van der Waals surface area contributed by atoms with Crippen LogP contribution in [-0.4, -0.2) is 54.7 Å². The summed E-state index contributed by atoms with van der Waals surface area (Å²) in [5.74, 6) is -0.0574. The lowest BCUT2D eigenvalue weighted by atomic mass is 9.76. The van der Waals surface area contributed by atoms with Gasteiger partial charge < -0.3 is 20.5 Å². The summed E-state index contributed by atoms with van der Waals surface area (Å²) >= 11 is 1.52. The molecule has 4 unspecified atom stereocenters. The molecule has 4 atom stereocenters. The zero-order valence-corrected chi connectivity index (χ0v) is 26.0. The summed E-state index contributed by atoms with van der Waals surface area (Å²) in [6.45, 7) is 6.85. The molecule has 1 fully saturated rings. The van der Waals surface area contributed by atoms with Gasteiger partial charge >= 0.3 is 6.18 Å². The highest BCUT2D eigenvalue weighted by Gasteiger charge is 2.36. The Balaban J connectivity index is 1.83. The third kappa shape index (κ3) is 11.4. The van der Waals surface area contributed by atoms with E-state index in [2.05, 4.69) is 15.4 Å². The number of carbonyl (C=O) groups is 1. The molecule has 2 aromatic rings. The van der Waals surface area contributed by atoms with E-state index < -0.39 is 11.7 Å². The molecule has 3 rings (SSSR count). The van der Waals surface area contributed by atoms with Crippen LogP contribution in [0.4, 0.5) is 23.2 Å². The molecular weight excluding hydrogens is 582 g/mol. The molecule has 4 N–H and O–H groups in total. The normalized spacial score (nSPS) is 20.5. The Morgan fingerprint density at radius 1 is 1.12 bits per heavy atom. The van der Waals surface area contributed by atoms with Crippen LogP contribution in [0.25, 0.3) is 0 Å². The van der Waals surface area contributed by atoms with Gasteiger partial charge in [-0.1, -0.05) is 37.1 Å². The average Bonchev–Trinajstić information content (AvgIpc) is 2.94. The summed E-state index contributed by atoms with van der Waals surface area (Å²) in [5, 5.41) is 15.1. The van der Waals surface area contributed by atoms with E-state index >= 15 is 0 Å². The molecule has 43 heavy (non-hydrogen) atoms. The standard InChI is InChI=1S/C32H45F4N3O3S/c1-4-16-43-39-26(20-37-14-15-40)12-13-27-29(32(34,35)36)6-5-7-30(27)38-31(41)19-28(23-8-10-25(33)11-9-23)24-17-21(2)42-22(3)18-24/h5-11,21-22,24,26,28,37,39-40H,4,12-20H2,1-3H3,(H,38,41). The second-order valence-electron chi connectivity index (χ2n) is 11.4. The van der Waals surface area contributed by atoms with Crippen LogP contribution in [0.5, 0.6) is 0 Å². The Hall–Kier alpha value is -2.18. The SMILES string of the molecule is CCCSNC(CCc1c(NC(=O)CC(c2ccc(F)cc2)C2CC(C)OC(C)C2)cccc1C(F)(F)F)CNCCO. The molecule has 1 saturated heterocycles. The number of ether oxygens (including phenoxy) is 1. The van der Waals surface area contributed by atoms with Crippen LogP contribution in [0, 0.1) is 11.7 Å². The molecule has 0 saturated carbocycles. The zero-order valence-electron chi connectivity index (χ0n) is 25.2. The summed E-state index contributed by atoms with van der Waals surface area (Å²) in [5.41, 5.74) is 0.246. The molecule has 0 aromatic heterocycles. The minimum Gasteiger partial charge on any atom is -0.395 e. The van der Waals surface area contributed by atoms with E-state index in [4.69, 9.17) is 9.84 Å². The second kappa shape index (κ2) is 17.3. The number of rotatable bonds is 16. The summed E-state index contributed by atoms with van der Waals surface area (Å²) in [6.07, 6.45) is -1.66.